The molecule has 84 valence electrons. The number of aliphatic hydroxyl groups is 2. The van der Waals surface area contributed by atoms with Crippen molar-refractivity contribution in [3.63, 3.8) is 0 Å². The number of aliphatic hydroxyl groups excluding tert-OH is 2. The van der Waals surface area contributed by atoms with Crippen LogP contribution >= 0.6 is 0 Å². The highest BCUT2D eigenvalue weighted by Gasteiger charge is 2.09. The predicted octanol–water partition coefficient (Wildman–Crippen LogP) is 0.949. The molecule has 0 amide bonds. The Labute approximate surface area is 89.1 Å². The minimum atomic E-state index is -0.0916. The zero-order valence-electron chi connectivity index (χ0n) is 8.77. The third kappa shape index (κ3) is 3.11. The van der Waals surface area contributed by atoms with E-state index in [1.807, 2.05) is 0 Å². The van der Waals surface area contributed by atoms with Crippen molar-refractivity contribution in [1.82, 2.24) is 0 Å². The Kier molecular flexibility index (Phi) is 4.93. The molecule has 0 bridgehead atoms. The number of methoxy groups -OCH3 is 1. The van der Waals surface area contributed by atoms with Gasteiger partial charge in [0, 0.05) is 18.6 Å². The minimum absolute atomic E-state index is 0.0869. The van der Waals surface area contributed by atoms with E-state index in [0.717, 1.165) is 0 Å². The van der Waals surface area contributed by atoms with Gasteiger partial charge in [-0.05, 0) is 6.07 Å². The van der Waals surface area contributed by atoms with Crippen molar-refractivity contribution in [3.05, 3.63) is 23.8 Å². The van der Waals surface area contributed by atoms with Crippen molar-refractivity contribution >= 4 is 0 Å². The molecule has 0 aromatic heterocycles. The molecule has 0 atom stereocenters. The third-order valence-electron chi connectivity index (χ3n) is 2.00. The number of para-hydroxylation sites is 1. The van der Waals surface area contributed by atoms with Crippen molar-refractivity contribution in [3.8, 4) is 11.5 Å². The lowest BCUT2D eigenvalue weighted by atomic mass is 10.2. The molecule has 0 aliphatic carbocycles. The van der Waals surface area contributed by atoms with Gasteiger partial charge < -0.3 is 19.7 Å². The predicted molar refractivity (Wildman–Crippen MR) is 56.1 cm³/mol. The van der Waals surface area contributed by atoms with E-state index in [2.05, 4.69) is 0 Å². The highest BCUT2D eigenvalue weighted by molar-refractivity contribution is 5.46. The standard InChI is InChI=1S/C11H16O4/c1-14-10-5-2-4-9(8-13)11(10)15-7-3-6-12/h2,4-5,12-13H,3,6-8H2,1H3. The first-order valence-corrected chi connectivity index (χ1v) is 4.84. The van der Waals surface area contributed by atoms with Crippen molar-refractivity contribution in [2.24, 2.45) is 0 Å². The number of hydrogen-bond acceptors (Lipinski definition) is 4. The minimum Gasteiger partial charge on any atom is -0.493 e. The summed E-state index contributed by atoms with van der Waals surface area (Å²) in [7, 11) is 1.55. The van der Waals surface area contributed by atoms with E-state index < -0.39 is 0 Å². The number of rotatable bonds is 6. The van der Waals surface area contributed by atoms with Crippen LogP contribution in [-0.4, -0.2) is 30.5 Å². The van der Waals surface area contributed by atoms with Crippen LogP contribution in [0.15, 0.2) is 18.2 Å². The molecule has 0 unspecified atom stereocenters. The summed E-state index contributed by atoms with van der Waals surface area (Å²) in [5.74, 6) is 1.15. The van der Waals surface area contributed by atoms with E-state index in [1.165, 1.54) is 0 Å². The fourth-order valence-corrected chi connectivity index (χ4v) is 1.25. The molecule has 2 N–H and O–H groups in total. The summed E-state index contributed by atoms with van der Waals surface area (Å²) in [6.07, 6.45) is 0.558. The summed E-state index contributed by atoms with van der Waals surface area (Å²) in [5.41, 5.74) is 0.687. The summed E-state index contributed by atoms with van der Waals surface area (Å²) >= 11 is 0. The number of benzene rings is 1. The van der Waals surface area contributed by atoms with Crippen LogP contribution in [0.1, 0.15) is 12.0 Å². The first-order valence-electron chi connectivity index (χ1n) is 4.84. The number of hydrogen-bond donors (Lipinski definition) is 2. The molecule has 0 heterocycles. The van der Waals surface area contributed by atoms with Gasteiger partial charge in [-0.15, -0.1) is 0 Å². The van der Waals surface area contributed by atoms with Crippen LogP contribution in [0, 0.1) is 0 Å². The second kappa shape index (κ2) is 6.27. The molecular formula is C11H16O4. The van der Waals surface area contributed by atoms with Crippen molar-refractivity contribution in [1.29, 1.82) is 0 Å². The Morgan fingerprint density at radius 2 is 2.07 bits per heavy atom. The summed E-state index contributed by atoms with van der Waals surface area (Å²) in [6.45, 7) is 0.402. The highest BCUT2D eigenvalue weighted by Crippen LogP contribution is 2.31. The Morgan fingerprint density at radius 3 is 2.67 bits per heavy atom. The summed E-state index contributed by atoms with van der Waals surface area (Å²) < 4.78 is 10.6. The van der Waals surface area contributed by atoms with E-state index in [1.54, 1.807) is 25.3 Å². The van der Waals surface area contributed by atoms with Crippen LogP contribution in [0.25, 0.3) is 0 Å². The highest BCUT2D eigenvalue weighted by atomic mass is 16.5. The molecule has 0 spiro atoms. The lowest BCUT2D eigenvalue weighted by molar-refractivity contribution is 0.220. The van der Waals surface area contributed by atoms with Crippen LogP contribution in [-0.2, 0) is 6.61 Å². The molecule has 1 rings (SSSR count). The molecule has 15 heavy (non-hydrogen) atoms. The van der Waals surface area contributed by atoms with Gasteiger partial charge in [0.2, 0.25) is 0 Å². The van der Waals surface area contributed by atoms with Crippen LogP contribution in [0.3, 0.4) is 0 Å². The van der Waals surface area contributed by atoms with Gasteiger partial charge in [0.1, 0.15) is 0 Å². The van der Waals surface area contributed by atoms with E-state index >= 15 is 0 Å². The zero-order chi connectivity index (χ0) is 11.1. The zero-order valence-corrected chi connectivity index (χ0v) is 8.77. The van der Waals surface area contributed by atoms with Crippen LogP contribution < -0.4 is 9.47 Å². The Morgan fingerprint density at radius 1 is 1.27 bits per heavy atom. The summed E-state index contributed by atoms with van der Waals surface area (Å²) in [6, 6.07) is 5.34. The molecule has 4 heteroatoms. The molecule has 0 aliphatic heterocycles. The maximum absolute atomic E-state index is 9.11. The quantitative estimate of drug-likeness (QED) is 0.689. The SMILES string of the molecule is COc1cccc(CO)c1OCCCO. The Bertz CT molecular complexity index is 276. The van der Waals surface area contributed by atoms with Crippen LogP contribution in [0.5, 0.6) is 11.5 Å². The van der Waals surface area contributed by atoms with Gasteiger partial charge >= 0.3 is 0 Å². The molecule has 0 saturated carbocycles. The molecule has 1 aromatic rings. The topological polar surface area (TPSA) is 58.9 Å². The molecule has 0 saturated heterocycles. The Hall–Kier alpha value is -1.26. The van der Waals surface area contributed by atoms with Crippen LogP contribution in [0.2, 0.25) is 0 Å². The summed E-state index contributed by atoms with van der Waals surface area (Å²) in [4.78, 5) is 0. The van der Waals surface area contributed by atoms with E-state index in [-0.39, 0.29) is 13.2 Å². The second-order valence-electron chi connectivity index (χ2n) is 3.03. The van der Waals surface area contributed by atoms with Crippen molar-refractivity contribution < 1.29 is 19.7 Å². The van der Waals surface area contributed by atoms with E-state index in [0.29, 0.717) is 30.1 Å². The molecule has 0 fully saturated rings. The van der Waals surface area contributed by atoms with E-state index in [9.17, 15) is 0 Å². The first-order chi connectivity index (χ1) is 7.33. The fraction of sp³-hybridized carbons (Fsp3) is 0.455. The van der Waals surface area contributed by atoms with Gasteiger partial charge in [-0.3, -0.25) is 0 Å². The maximum Gasteiger partial charge on any atom is 0.166 e. The average molecular weight is 212 g/mol. The van der Waals surface area contributed by atoms with Gasteiger partial charge in [-0.2, -0.15) is 0 Å². The molecule has 1 aromatic carbocycles. The van der Waals surface area contributed by atoms with Crippen LogP contribution in [0.4, 0.5) is 0 Å². The van der Waals surface area contributed by atoms with Gasteiger partial charge in [-0.1, -0.05) is 12.1 Å². The van der Waals surface area contributed by atoms with Crippen molar-refractivity contribution in [2.45, 2.75) is 13.0 Å². The van der Waals surface area contributed by atoms with Gasteiger partial charge in [-0.25, -0.2) is 0 Å². The van der Waals surface area contributed by atoms with Gasteiger partial charge in [0.05, 0.1) is 20.3 Å². The molecule has 4 nitrogen and oxygen atoms in total. The lowest BCUT2D eigenvalue weighted by Gasteiger charge is -2.13. The summed E-state index contributed by atoms with van der Waals surface area (Å²) in [5, 5.41) is 17.7. The first kappa shape index (κ1) is 11.8. The van der Waals surface area contributed by atoms with Gasteiger partial charge in [0.25, 0.3) is 0 Å². The molecular weight excluding hydrogens is 196 g/mol. The van der Waals surface area contributed by atoms with Crippen molar-refractivity contribution in [2.75, 3.05) is 20.3 Å². The molecule has 0 radical (unpaired) electrons. The van der Waals surface area contributed by atoms with E-state index in [4.69, 9.17) is 19.7 Å². The normalized spacial score (nSPS) is 10.1. The fourth-order valence-electron chi connectivity index (χ4n) is 1.25. The Balaban J connectivity index is 2.80. The average Bonchev–Trinajstić information content (AvgIpc) is 2.29. The smallest absolute Gasteiger partial charge is 0.166 e. The second-order valence-corrected chi connectivity index (χ2v) is 3.03. The van der Waals surface area contributed by atoms with Gasteiger partial charge in [0.15, 0.2) is 11.5 Å². The molecule has 0 aliphatic rings. The largest absolute Gasteiger partial charge is 0.493 e. The third-order valence-corrected chi connectivity index (χ3v) is 2.00. The lowest BCUT2D eigenvalue weighted by Crippen LogP contribution is -2.03. The monoisotopic (exact) mass is 212 g/mol. The maximum atomic E-state index is 9.11. The number of ether oxygens (including phenoxy) is 2.